The Kier molecular flexibility index (Phi) is 1.12. The van der Waals surface area contributed by atoms with Crippen molar-refractivity contribution in [2.45, 2.75) is 18.8 Å². The molecular formula is C11H11N. The molecule has 1 aromatic heterocycles. The first-order valence-corrected chi connectivity index (χ1v) is 4.50. The van der Waals surface area contributed by atoms with Crippen LogP contribution in [0.25, 0.3) is 10.8 Å². The third-order valence-electron chi connectivity index (χ3n) is 2.66. The molecule has 0 amide bonds. The highest BCUT2D eigenvalue weighted by molar-refractivity contribution is 5.86. The van der Waals surface area contributed by atoms with E-state index in [9.17, 15) is 0 Å². The summed E-state index contributed by atoms with van der Waals surface area (Å²) in [5.74, 6) is 0.851. The third-order valence-corrected chi connectivity index (χ3v) is 2.66. The van der Waals surface area contributed by atoms with Gasteiger partial charge in [0.2, 0.25) is 0 Å². The molecule has 1 nitrogen and oxygen atoms in total. The molecule has 2 aromatic rings. The predicted molar refractivity (Wildman–Crippen MR) is 50.3 cm³/mol. The van der Waals surface area contributed by atoms with Crippen LogP contribution in [0.15, 0.2) is 30.6 Å². The molecular weight excluding hydrogens is 146 g/mol. The van der Waals surface area contributed by atoms with Crippen molar-refractivity contribution in [2.75, 3.05) is 0 Å². The van der Waals surface area contributed by atoms with Gasteiger partial charge in [-0.25, -0.2) is 0 Å². The second-order valence-electron chi connectivity index (χ2n) is 3.58. The molecule has 0 saturated heterocycles. The van der Waals surface area contributed by atoms with Crippen LogP contribution in [-0.4, -0.2) is 4.98 Å². The highest BCUT2D eigenvalue weighted by atomic mass is 14.6. The minimum absolute atomic E-state index is 0.851. The molecule has 0 spiro atoms. The van der Waals surface area contributed by atoms with Crippen molar-refractivity contribution >= 4 is 10.8 Å². The van der Waals surface area contributed by atoms with Crippen LogP contribution >= 0.6 is 0 Å². The van der Waals surface area contributed by atoms with Gasteiger partial charge >= 0.3 is 0 Å². The number of benzene rings is 1. The van der Waals surface area contributed by atoms with Gasteiger partial charge in [0, 0.05) is 17.8 Å². The fraction of sp³-hybridized carbons (Fsp3) is 0.273. The molecule has 1 N–H and O–H groups in total. The first kappa shape index (κ1) is 6.30. The van der Waals surface area contributed by atoms with Crippen LogP contribution in [0.5, 0.6) is 0 Å². The molecule has 0 aliphatic heterocycles. The lowest BCUT2D eigenvalue weighted by Crippen LogP contribution is -1.78. The lowest BCUT2D eigenvalue weighted by atomic mass is 10.1. The van der Waals surface area contributed by atoms with E-state index >= 15 is 0 Å². The van der Waals surface area contributed by atoms with E-state index in [4.69, 9.17) is 0 Å². The minimum Gasteiger partial charge on any atom is -0.366 e. The van der Waals surface area contributed by atoms with Gasteiger partial charge in [0.05, 0.1) is 0 Å². The number of hydrogen-bond acceptors (Lipinski definition) is 0. The van der Waals surface area contributed by atoms with Crippen LogP contribution in [0.2, 0.25) is 0 Å². The van der Waals surface area contributed by atoms with E-state index in [2.05, 4.69) is 35.6 Å². The van der Waals surface area contributed by atoms with E-state index in [1.54, 1.807) is 0 Å². The first-order valence-electron chi connectivity index (χ1n) is 4.50. The normalized spacial score (nSPS) is 17.0. The SMILES string of the molecule is c1cc(C2CC2)c2c[nH]cc2c1. The maximum absolute atomic E-state index is 3.16. The van der Waals surface area contributed by atoms with E-state index in [0.717, 1.165) is 5.92 Å². The van der Waals surface area contributed by atoms with Gasteiger partial charge in [-0.1, -0.05) is 18.2 Å². The molecule has 12 heavy (non-hydrogen) atoms. The number of rotatable bonds is 1. The smallest absolute Gasteiger partial charge is 0.00872 e. The van der Waals surface area contributed by atoms with E-state index in [-0.39, 0.29) is 0 Å². The first-order chi connectivity index (χ1) is 5.95. The van der Waals surface area contributed by atoms with Gasteiger partial charge in [-0.15, -0.1) is 0 Å². The standard InChI is InChI=1S/C11H11N/c1-2-9-6-12-7-11(9)10(3-1)8-4-5-8/h1-3,6-8,12H,4-5H2. The van der Waals surface area contributed by atoms with Crippen molar-refractivity contribution in [3.63, 3.8) is 0 Å². The van der Waals surface area contributed by atoms with E-state index in [0.29, 0.717) is 0 Å². The largest absolute Gasteiger partial charge is 0.366 e. The third kappa shape index (κ3) is 0.795. The minimum atomic E-state index is 0.851. The van der Waals surface area contributed by atoms with E-state index in [1.165, 1.54) is 29.2 Å². The molecule has 1 saturated carbocycles. The Hall–Kier alpha value is -1.24. The van der Waals surface area contributed by atoms with Gasteiger partial charge in [0.15, 0.2) is 0 Å². The van der Waals surface area contributed by atoms with Gasteiger partial charge in [0.1, 0.15) is 0 Å². The van der Waals surface area contributed by atoms with Crippen molar-refractivity contribution < 1.29 is 0 Å². The van der Waals surface area contributed by atoms with Crippen molar-refractivity contribution in [2.24, 2.45) is 0 Å². The molecule has 1 heteroatoms. The lowest BCUT2D eigenvalue weighted by molar-refractivity contribution is 1.15. The number of fused-ring (bicyclic) bond motifs is 1. The summed E-state index contributed by atoms with van der Waals surface area (Å²) in [4.78, 5) is 3.16. The van der Waals surface area contributed by atoms with Gasteiger partial charge < -0.3 is 4.98 Å². The Morgan fingerprint density at radius 3 is 2.92 bits per heavy atom. The quantitative estimate of drug-likeness (QED) is 0.654. The molecule has 60 valence electrons. The fourth-order valence-electron chi connectivity index (χ4n) is 1.86. The number of nitrogens with one attached hydrogen (secondary N) is 1. The Labute approximate surface area is 71.4 Å². The molecule has 1 aliphatic rings. The predicted octanol–water partition coefficient (Wildman–Crippen LogP) is 3.05. The molecule has 1 heterocycles. The summed E-state index contributed by atoms with van der Waals surface area (Å²) in [6.07, 6.45) is 6.94. The number of H-pyrrole nitrogens is 1. The average Bonchev–Trinajstić information content (AvgIpc) is 2.82. The second-order valence-corrected chi connectivity index (χ2v) is 3.58. The molecule has 1 aliphatic carbocycles. The molecule has 0 bridgehead atoms. The topological polar surface area (TPSA) is 15.8 Å². The lowest BCUT2D eigenvalue weighted by Gasteiger charge is -1.98. The van der Waals surface area contributed by atoms with E-state index < -0.39 is 0 Å². The Balaban J connectivity index is 2.32. The summed E-state index contributed by atoms with van der Waals surface area (Å²) in [6, 6.07) is 6.58. The van der Waals surface area contributed by atoms with Crippen LogP contribution in [-0.2, 0) is 0 Å². The number of aromatic amines is 1. The van der Waals surface area contributed by atoms with Gasteiger partial charge in [0.25, 0.3) is 0 Å². The molecule has 0 radical (unpaired) electrons. The number of aromatic nitrogens is 1. The van der Waals surface area contributed by atoms with Gasteiger partial charge in [-0.05, 0) is 29.7 Å². The molecule has 3 rings (SSSR count). The Morgan fingerprint density at radius 1 is 1.17 bits per heavy atom. The maximum atomic E-state index is 3.16. The summed E-state index contributed by atoms with van der Waals surface area (Å²) in [5.41, 5.74) is 1.54. The summed E-state index contributed by atoms with van der Waals surface area (Å²) >= 11 is 0. The summed E-state index contributed by atoms with van der Waals surface area (Å²) in [6.45, 7) is 0. The van der Waals surface area contributed by atoms with Crippen molar-refractivity contribution in [1.29, 1.82) is 0 Å². The van der Waals surface area contributed by atoms with Crippen molar-refractivity contribution in [3.8, 4) is 0 Å². The van der Waals surface area contributed by atoms with Gasteiger partial charge in [-0.3, -0.25) is 0 Å². The van der Waals surface area contributed by atoms with Crippen LogP contribution in [0, 0.1) is 0 Å². The van der Waals surface area contributed by atoms with Crippen LogP contribution < -0.4 is 0 Å². The molecule has 1 aromatic carbocycles. The highest BCUT2D eigenvalue weighted by Crippen LogP contribution is 2.42. The summed E-state index contributed by atoms with van der Waals surface area (Å²) in [5, 5.41) is 2.76. The maximum Gasteiger partial charge on any atom is 0.00872 e. The van der Waals surface area contributed by atoms with Crippen LogP contribution in [0.3, 0.4) is 0 Å². The van der Waals surface area contributed by atoms with Crippen LogP contribution in [0.1, 0.15) is 24.3 Å². The zero-order chi connectivity index (χ0) is 7.97. The average molecular weight is 157 g/mol. The summed E-state index contributed by atoms with van der Waals surface area (Å²) in [7, 11) is 0. The number of hydrogen-bond donors (Lipinski definition) is 1. The highest BCUT2D eigenvalue weighted by Gasteiger charge is 2.24. The van der Waals surface area contributed by atoms with Gasteiger partial charge in [-0.2, -0.15) is 0 Å². The molecule has 1 fully saturated rings. The van der Waals surface area contributed by atoms with Crippen LogP contribution in [0.4, 0.5) is 0 Å². The second kappa shape index (κ2) is 2.13. The monoisotopic (exact) mass is 157 g/mol. The zero-order valence-corrected chi connectivity index (χ0v) is 6.88. The Morgan fingerprint density at radius 2 is 2.08 bits per heavy atom. The summed E-state index contributed by atoms with van der Waals surface area (Å²) < 4.78 is 0. The fourth-order valence-corrected chi connectivity index (χ4v) is 1.86. The molecule has 0 unspecified atom stereocenters. The van der Waals surface area contributed by atoms with E-state index in [1.807, 2.05) is 0 Å². The van der Waals surface area contributed by atoms with Crippen molar-refractivity contribution in [3.05, 3.63) is 36.2 Å². The Bertz CT molecular complexity index is 410. The van der Waals surface area contributed by atoms with Crippen molar-refractivity contribution in [1.82, 2.24) is 4.98 Å². The molecule has 0 atom stereocenters. The zero-order valence-electron chi connectivity index (χ0n) is 6.88.